The van der Waals surface area contributed by atoms with Gasteiger partial charge in [-0.25, -0.2) is 4.98 Å². The minimum atomic E-state index is -0.106. The largest absolute Gasteiger partial charge is 0.467 e. The second-order valence-corrected chi connectivity index (χ2v) is 6.01. The van der Waals surface area contributed by atoms with E-state index in [1.807, 2.05) is 41.8 Å². The number of furan rings is 1. The molecule has 0 saturated carbocycles. The average molecular weight is 335 g/mol. The van der Waals surface area contributed by atoms with Crippen molar-refractivity contribution >= 4 is 28.1 Å². The molecule has 0 spiro atoms. The standard InChI is InChI=1S/C16H15ClN2O2S/c17-12-5-2-1-4-11(12)14-10-22-16(19-14)18-13(7-8-20)15-6-3-9-21-15/h1-6,9-10,13,20H,7-8H2,(H,18,19). The molecular formula is C16H15ClN2O2S. The van der Waals surface area contributed by atoms with Crippen molar-refractivity contribution in [3.05, 3.63) is 58.8 Å². The van der Waals surface area contributed by atoms with Crippen molar-refractivity contribution in [2.45, 2.75) is 12.5 Å². The topological polar surface area (TPSA) is 58.3 Å². The van der Waals surface area contributed by atoms with E-state index in [0.29, 0.717) is 11.4 Å². The first-order valence-electron chi connectivity index (χ1n) is 6.89. The molecule has 2 N–H and O–H groups in total. The Morgan fingerprint density at radius 3 is 2.86 bits per heavy atom. The third kappa shape index (κ3) is 3.32. The van der Waals surface area contributed by atoms with Crippen LogP contribution in [0.2, 0.25) is 5.02 Å². The molecule has 3 aromatic rings. The number of nitrogens with zero attached hydrogens (tertiary/aromatic N) is 1. The molecule has 0 aliphatic heterocycles. The fourth-order valence-electron chi connectivity index (χ4n) is 2.19. The number of nitrogens with one attached hydrogen (secondary N) is 1. The molecular weight excluding hydrogens is 320 g/mol. The zero-order valence-electron chi connectivity index (χ0n) is 11.7. The first kappa shape index (κ1) is 15.1. The smallest absolute Gasteiger partial charge is 0.183 e. The van der Waals surface area contributed by atoms with E-state index >= 15 is 0 Å². The van der Waals surface area contributed by atoms with Crippen molar-refractivity contribution in [3.8, 4) is 11.3 Å². The van der Waals surface area contributed by atoms with Crippen molar-refractivity contribution in [1.82, 2.24) is 4.98 Å². The fourth-order valence-corrected chi connectivity index (χ4v) is 3.18. The highest BCUT2D eigenvalue weighted by atomic mass is 35.5. The van der Waals surface area contributed by atoms with Gasteiger partial charge in [0.25, 0.3) is 0 Å². The highest BCUT2D eigenvalue weighted by molar-refractivity contribution is 7.14. The number of benzene rings is 1. The third-order valence-corrected chi connectivity index (χ3v) is 4.36. The van der Waals surface area contributed by atoms with Crippen LogP contribution in [0.4, 0.5) is 5.13 Å². The first-order chi connectivity index (χ1) is 10.8. The molecule has 1 aromatic carbocycles. The summed E-state index contributed by atoms with van der Waals surface area (Å²) in [5.74, 6) is 0.781. The quantitative estimate of drug-likeness (QED) is 0.692. The van der Waals surface area contributed by atoms with E-state index in [0.717, 1.165) is 22.1 Å². The Hall–Kier alpha value is -1.82. The summed E-state index contributed by atoms with van der Waals surface area (Å²) in [6.45, 7) is 0.0705. The number of hydrogen-bond acceptors (Lipinski definition) is 5. The van der Waals surface area contributed by atoms with E-state index in [4.69, 9.17) is 16.0 Å². The monoisotopic (exact) mass is 334 g/mol. The van der Waals surface area contributed by atoms with Crippen molar-refractivity contribution in [2.75, 3.05) is 11.9 Å². The number of aliphatic hydroxyl groups excluding tert-OH is 1. The lowest BCUT2D eigenvalue weighted by atomic mass is 10.1. The van der Waals surface area contributed by atoms with Crippen LogP contribution in [-0.2, 0) is 0 Å². The molecule has 22 heavy (non-hydrogen) atoms. The van der Waals surface area contributed by atoms with Crippen LogP contribution in [0, 0.1) is 0 Å². The average Bonchev–Trinajstić information content (AvgIpc) is 3.19. The molecule has 3 rings (SSSR count). The van der Waals surface area contributed by atoms with E-state index in [-0.39, 0.29) is 12.6 Å². The SMILES string of the molecule is OCCC(Nc1nc(-c2ccccc2Cl)cs1)c1ccco1. The molecule has 1 unspecified atom stereocenters. The summed E-state index contributed by atoms with van der Waals surface area (Å²) in [5.41, 5.74) is 1.74. The Kier molecular flexibility index (Phi) is 4.77. The van der Waals surface area contributed by atoms with Gasteiger partial charge in [-0.1, -0.05) is 29.8 Å². The molecule has 2 aromatic heterocycles. The van der Waals surface area contributed by atoms with Gasteiger partial charge in [0.05, 0.1) is 18.0 Å². The summed E-state index contributed by atoms with van der Waals surface area (Å²) >= 11 is 7.70. The van der Waals surface area contributed by atoms with E-state index in [9.17, 15) is 5.11 Å². The van der Waals surface area contributed by atoms with Crippen molar-refractivity contribution in [1.29, 1.82) is 0 Å². The maximum Gasteiger partial charge on any atom is 0.183 e. The van der Waals surface area contributed by atoms with Gasteiger partial charge < -0.3 is 14.8 Å². The molecule has 4 nitrogen and oxygen atoms in total. The maximum atomic E-state index is 9.22. The van der Waals surface area contributed by atoms with Crippen LogP contribution in [0.1, 0.15) is 18.2 Å². The van der Waals surface area contributed by atoms with Gasteiger partial charge in [-0.3, -0.25) is 0 Å². The molecule has 0 aliphatic rings. The molecule has 114 valence electrons. The van der Waals surface area contributed by atoms with E-state index in [1.54, 1.807) is 6.26 Å². The Labute approximate surface area is 137 Å². The Bertz CT molecular complexity index is 727. The second kappa shape index (κ2) is 6.96. The van der Waals surface area contributed by atoms with E-state index in [2.05, 4.69) is 10.3 Å². The van der Waals surface area contributed by atoms with Gasteiger partial charge in [-0.2, -0.15) is 0 Å². The highest BCUT2D eigenvalue weighted by Crippen LogP contribution is 2.32. The van der Waals surface area contributed by atoms with Gasteiger partial charge in [0.15, 0.2) is 5.13 Å². The number of halogens is 1. The zero-order valence-corrected chi connectivity index (χ0v) is 13.3. The number of aromatic nitrogens is 1. The second-order valence-electron chi connectivity index (χ2n) is 4.74. The molecule has 0 radical (unpaired) electrons. The Balaban J connectivity index is 1.80. The number of hydrogen-bond donors (Lipinski definition) is 2. The first-order valence-corrected chi connectivity index (χ1v) is 8.15. The lowest BCUT2D eigenvalue weighted by Gasteiger charge is -2.14. The van der Waals surface area contributed by atoms with Crippen molar-refractivity contribution in [2.24, 2.45) is 0 Å². The van der Waals surface area contributed by atoms with E-state index in [1.165, 1.54) is 11.3 Å². The third-order valence-electron chi connectivity index (χ3n) is 3.26. The zero-order chi connectivity index (χ0) is 15.4. The highest BCUT2D eigenvalue weighted by Gasteiger charge is 2.16. The summed E-state index contributed by atoms with van der Waals surface area (Å²) in [6, 6.07) is 11.2. The maximum absolute atomic E-state index is 9.22. The molecule has 0 fully saturated rings. The van der Waals surface area contributed by atoms with Crippen LogP contribution in [0.5, 0.6) is 0 Å². The summed E-state index contributed by atoms with van der Waals surface area (Å²) in [6.07, 6.45) is 2.17. The van der Waals surface area contributed by atoms with Crippen molar-refractivity contribution < 1.29 is 9.52 Å². The van der Waals surface area contributed by atoms with Gasteiger partial charge >= 0.3 is 0 Å². The lowest BCUT2D eigenvalue weighted by Crippen LogP contribution is -2.11. The Morgan fingerprint density at radius 2 is 2.14 bits per heavy atom. The molecule has 0 aliphatic carbocycles. The van der Waals surface area contributed by atoms with Gasteiger partial charge in [-0.15, -0.1) is 11.3 Å². The van der Waals surface area contributed by atoms with Gasteiger partial charge in [0.2, 0.25) is 0 Å². The normalized spacial score (nSPS) is 12.3. The van der Waals surface area contributed by atoms with Crippen LogP contribution in [0.25, 0.3) is 11.3 Å². The van der Waals surface area contributed by atoms with Crippen molar-refractivity contribution in [3.63, 3.8) is 0 Å². The van der Waals surface area contributed by atoms with Crippen LogP contribution in [-0.4, -0.2) is 16.7 Å². The molecule has 0 amide bonds. The summed E-state index contributed by atoms with van der Waals surface area (Å²) in [7, 11) is 0. The number of aliphatic hydroxyl groups is 1. The predicted molar refractivity (Wildman–Crippen MR) is 89.3 cm³/mol. The number of thiazole rings is 1. The van der Waals surface area contributed by atoms with Gasteiger partial charge in [0, 0.05) is 22.6 Å². The summed E-state index contributed by atoms with van der Waals surface area (Å²) in [5, 5.41) is 15.9. The predicted octanol–water partition coefficient (Wildman–Crippen LogP) is 4.59. The van der Waals surface area contributed by atoms with Crippen LogP contribution < -0.4 is 5.32 Å². The molecule has 0 saturated heterocycles. The fraction of sp³-hybridized carbons (Fsp3) is 0.188. The molecule has 6 heteroatoms. The summed E-state index contributed by atoms with van der Waals surface area (Å²) in [4.78, 5) is 4.57. The lowest BCUT2D eigenvalue weighted by molar-refractivity contribution is 0.273. The van der Waals surface area contributed by atoms with E-state index < -0.39 is 0 Å². The number of anilines is 1. The number of rotatable bonds is 6. The summed E-state index contributed by atoms with van der Waals surface area (Å²) < 4.78 is 5.41. The molecule has 1 atom stereocenters. The molecule has 2 heterocycles. The minimum absolute atomic E-state index is 0.0705. The van der Waals surface area contributed by atoms with Crippen LogP contribution in [0.15, 0.2) is 52.5 Å². The van der Waals surface area contributed by atoms with Gasteiger partial charge in [-0.05, 0) is 24.6 Å². The minimum Gasteiger partial charge on any atom is -0.467 e. The molecule has 0 bridgehead atoms. The van der Waals surface area contributed by atoms with Crippen LogP contribution >= 0.6 is 22.9 Å². The van der Waals surface area contributed by atoms with Gasteiger partial charge in [0.1, 0.15) is 5.76 Å². The van der Waals surface area contributed by atoms with Crippen LogP contribution in [0.3, 0.4) is 0 Å². The Morgan fingerprint density at radius 1 is 1.27 bits per heavy atom.